The van der Waals surface area contributed by atoms with Crippen molar-refractivity contribution in [3.05, 3.63) is 29.3 Å². The monoisotopic (exact) mass is 261 g/mol. The second-order valence-corrected chi connectivity index (χ2v) is 5.93. The number of rotatable bonds is 4. The fourth-order valence-electron chi connectivity index (χ4n) is 1.14. The van der Waals surface area contributed by atoms with Crippen molar-refractivity contribution in [2.24, 2.45) is 5.92 Å². The summed E-state index contributed by atoms with van der Waals surface area (Å²) in [5.41, 5.74) is 0. The number of hydrogen-bond acceptors (Lipinski definition) is 4. The summed E-state index contributed by atoms with van der Waals surface area (Å²) in [5, 5.41) is 10.9. The molecule has 0 saturated heterocycles. The molecular weight excluding hydrogens is 252 g/mol. The van der Waals surface area contributed by atoms with Crippen molar-refractivity contribution in [3.8, 4) is 0 Å². The molecule has 0 N–H and O–H groups in total. The molecule has 0 amide bonds. The number of hydrogen-bond donors (Lipinski definition) is 0. The van der Waals surface area contributed by atoms with Gasteiger partial charge in [0.25, 0.3) is 0 Å². The number of sulfone groups is 1. The van der Waals surface area contributed by atoms with Gasteiger partial charge in [0, 0.05) is 16.9 Å². The van der Waals surface area contributed by atoms with Gasteiger partial charge in [-0.15, -0.1) is 0 Å². The van der Waals surface area contributed by atoms with E-state index in [1.807, 2.05) is 0 Å². The van der Waals surface area contributed by atoms with Crippen molar-refractivity contribution in [1.29, 1.82) is 0 Å². The van der Waals surface area contributed by atoms with Crippen LogP contribution < -0.4 is 5.11 Å². The maximum Gasteiger partial charge on any atom is 0.179 e. The molecule has 0 aliphatic carbocycles. The Morgan fingerprint density at radius 2 is 1.88 bits per heavy atom. The molecule has 0 aliphatic rings. The molecule has 0 saturated carbocycles. The standard InChI is InChI=1S/C10H11ClO4S/c1-7(10(12)13)6-16(14,15)9-4-2-8(11)3-5-9/h2-5,7H,6H2,1H3,(H,12,13)/p-1/t7-/m1/s1. The fourth-order valence-corrected chi connectivity index (χ4v) is 2.80. The van der Waals surface area contributed by atoms with Crippen molar-refractivity contribution in [2.45, 2.75) is 11.8 Å². The molecule has 1 rings (SSSR count). The summed E-state index contributed by atoms with van der Waals surface area (Å²) in [6.07, 6.45) is 0. The topological polar surface area (TPSA) is 74.3 Å². The van der Waals surface area contributed by atoms with Crippen molar-refractivity contribution in [2.75, 3.05) is 5.75 Å². The van der Waals surface area contributed by atoms with Gasteiger partial charge in [-0.3, -0.25) is 0 Å². The number of aliphatic carboxylic acids is 1. The predicted molar refractivity (Wildman–Crippen MR) is 57.7 cm³/mol. The molecule has 1 aromatic carbocycles. The highest BCUT2D eigenvalue weighted by molar-refractivity contribution is 7.91. The van der Waals surface area contributed by atoms with E-state index in [9.17, 15) is 18.3 Å². The zero-order valence-electron chi connectivity index (χ0n) is 8.51. The van der Waals surface area contributed by atoms with Crippen LogP contribution in [0.1, 0.15) is 6.92 Å². The van der Waals surface area contributed by atoms with Crippen molar-refractivity contribution < 1.29 is 18.3 Å². The predicted octanol–water partition coefficient (Wildman–Crippen LogP) is 0.500. The number of carbonyl (C=O) groups is 1. The third-order valence-corrected chi connectivity index (χ3v) is 4.23. The Kier molecular flexibility index (Phi) is 3.93. The molecule has 0 aromatic heterocycles. The Morgan fingerprint density at radius 1 is 1.38 bits per heavy atom. The molecule has 0 heterocycles. The SMILES string of the molecule is C[C@H](CS(=O)(=O)c1ccc(Cl)cc1)C(=O)[O-]. The van der Waals surface area contributed by atoms with Crippen LogP contribution in [0.4, 0.5) is 0 Å². The van der Waals surface area contributed by atoms with Crippen LogP contribution in [0, 0.1) is 5.92 Å². The molecule has 0 bridgehead atoms. The zero-order valence-corrected chi connectivity index (χ0v) is 10.1. The lowest BCUT2D eigenvalue weighted by atomic mass is 10.2. The van der Waals surface area contributed by atoms with E-state index in [0.29, 0.717) is 5.02 Å². The van der Waals surface area contributed by atoms with Gasteiger partial charge in [0.1, 0.15) is 0 Å². The van der Waals surface area contributed by atoms with Gasteiger partial charge < -0.3 is 9.90 Å². The van der Waals surface area contributed by atoms with Gasteiger partial charge in [0.2, 0.25) is 0 Å². The maximum atomic E-state index is 11.7. The molecule has 88 valence electrons. The normalized spacial score (nSPS) is 13.4. The minimum Gasteiger partial charge on any atom is -0.550 e. The highest BCUT2D eigenvalue weighted by Crippen LogP contribution is 2.17. The third-order valence-electron chi connectivity index (χ3n) is 2.04. The number of benzene rings is 1. The van der Waals surface area contributed by atoms with E-state index >= 15 is 0 Å². The summed E-state index contributed by atoms with van der Waals surface area (Å²) in [7, 11) is -3.60. The van der Waals surface area contributed by atoms with E-state index in [-0.39, 0.29) is 4.90 Å². The summed E-state index contributed by atoms with van der Waals surface area (Å²) >= 11 is 5.62. The number of halogens is 1. The van der Waals surface area contributed by atoms with E-state index in [2.05, 4.69) is 0 Å². The van der Waals surface area contributed by atoms with Crippen LogP contribution in [0.25, 0.3) is 0 Å². The quantitative estimate of drug-likeness (QED) is 0.791. The van der Waals surface area contributed by atoms with Crippen LogP contribution in [0.3, 0.4) is 0 Å². The van der Waals surface area contributed by atoms with Crippen LogP contribution in [0.2, 0.25) is 5.02 Å². The zero-order chi connectivity index (χ0) is 12.3. The van der Waals surface area contributed by atoms with Gasteiger partial charge in [-0.1, -0.05) is 18.5 Å². The van der Waals surface area contributed by atoms with E-state index in [1.54, 1.807) is 0 Å². The molecule has 4 nitrogen and oxygen atoms in total. The summed E-state index contributed by atoms with van der Waals surface area (Å²) in [5.74, 6) is -2.89. The summed E-state index contributed by atoms with van der Waals surface area (Å²) in [6.45, 7) is 1.29. The van der Waals surface area contributed by atoms with Crippen LogP contribution >= 0.6 is 11.6 Å². The summed E-state index contributed by atoms with van der Waals surface area (Å²) in [6, 6.07) is 5.58. The molecule has 0 radical (unpaired) electrons. The first-order valence-electron chi connectivity index (χ1n) is 4.52. The van der Waals surface area contributed by atoms with E-state index in [0.717, 1.165) is 0 Å². The average molecular weight is 262 g/mol. The van der Waals surface area contributed by atoms with Crippen LogP contribution in [0.5, 0.6) is 0 Å². The van der Waals surface area contributed by atoms with E-state index in [1.165, 1.54) is 31.2 Å². The average Bonchev–Trinajstić information content (AvgIpc) is 2.17. The Morgan fingerprint density at radius 3 is 2.31 bits per heavy atom. The Balaban J connectivity index is 2.94. The lowest BCUT2D eigenvalue weighted by Crippen LogP contribution is -2.33. The third kappa shape index (κ3) is 3.21. The number of carboxylic acid groups (broad SMARTS) is 1. The van der Waals surface area contributed by atoms with E-state index < -0.39 is 27.5 Å². The highest BCUT2D eigenvalue weighted by Gasteiger charge is 2.18. The summed E-state index contributed by atoms with van der Waals surface area (Å²) < 4.78 is 23.4. The van der Waals surface area contributed by atoms with Crippen LogP contribution in [-0.2, 0) is 14.6 Å². The molecule has 1 atom stereocenters. The second kappa shape index (κ2) is 4.84. The molecule has 0 aliphatic heterocycles. The largest absolute Gasteiger partial charge is 0.550 e. The summed E-state index contributed by atoms with van der Waals surface area (Å²) in [4.78, 5) is 10.5. The van der Waals surface area contributed by atoms with Crippen LogP contribution in [-0.4, -0.2) is 20.1 Å². The molecular formula is C10H10ClO4S-. The van der Waals surface area contributed by atoms with Gasteiger partial charge in [-0.05, 0) is 24.3 Å². The lowest BCUT2D eigenvalue weighted by molar-refractivity contribution is -0.310. The minimum absolute atomic E-state index is 0.0602. The molecule has 0 fully saturated rings. The highest BCUT2D eigenvalue weighted by atomic mass is 35.5. The van der Waals surface area contributed by atoms with Gasteiger partial charge in [-0.2, -0.15) is 0 Å². The van der Waals surface area contributed by atoms with Crippen molar-refractivity contribution >= 4 is 27.4 Å². The van der Waals surface area contributed by atoms with Gasteiger partial charge in [-0.25, -0.2) is 8.42 Å². The lowest BCUT2D eigenvalue weighted by Gasteiger charge is -2.12. The van der Waals surface area contributed by atoms with Gasteiger partial charge in [0.15, 0.2) is 9.84 Å². The maximum absolute atomic E-state index is 11.7. The molecule has 16 heavy (non-hydrogen) atoms. The van der Waals surface area contributed by atoms with Crippen molar-refractivity contribution in [1.82, 2.24) is 0 Å². The Bertz CT molecular complexity index is 478. The molecule has 0 spiro atoms. The molecule has 6 heteroatoms. The fraction of sp³-hybridized carbons (Fsp3) is 0.300. The first-order chi connectivity index (χ1) is 7.33. The Labute approximate surface area is 98.8 Å². The molecule has 0 unspecified atom stereocenters. The van der Waals surface area contributed by atoms with Gasteiger partial charge >= 0.3 is 0 Å². The van der Waals surface area contributed by atoms with Crippen LogP contribution in [0.15, 0.2) is 29.2 Å². The first kappa shape index (κ1) is 13.0. The smallest absolute Gasteiger partial charge is 0.179 e. The number of carboxylic acids is 1. The number of carbonyl (C=O) groups excluding carboxylic acids is 1. The van der Waals surface area contributed by atoms with E-state index in [4.69, 9.17) is 11.6 Å². The van der Waals surface area contributed by atoms with Gasteiger partial charge in [0.05, 0.1) is 10.6 Å². The minimum atomic E-state index is -3.60. The van der Waals surface area contributed by atoms with Crippen molar-refractivity contribution in [3.63, 3.8) is 0 Å². The first-order valence-corrected chi connectivity index (χ1v) is 6.55. The Hall–Kier alpha value is -1.07. The second-order valence-electron chi connectivity index (χ2n) is 3.46. The molecule has 1 aromatic rings.